The van der Waals surface area contributed by atoms with Crippen LogP contribution in [-0.2, 0) is 11.2 Å². The van der Waals surface area contributed by atoms with Crippen LogP contribution < -0.4 is 0 Å². The van der Waals surface area contributed by atoms with Gasteiger partial charge in [-0.1, -0.05) is 0 Å². The average molecular weight is 195 g/mol. The molecule has 0 fully saturated rings. The van der Waals surface area contributed by atoms with Gasteiger partial charge in [-0.3, -0.25) is 9.36 Å². The monoisotopic (exact) mass is 195 g/mol. The molecule has 0 spiro atoms. The van der Waals surface area contributed by atoms with Crippen molar-refractivity contribution >= 4 is 6.41 Å². The molecule has 0 aliphatic heterocycles. The van der Waals surface area contributed by atoms with E-state index < -0.39 is 0 Å². The van der Waals surface area contributed by atoms with Crippen LogP contribution in [0.1, 0.15) is 19.7 Å². The van der Waals surface area contributed by atoms with Crippen molar-refractivity contribution in [1.29, 1.82) is 0 Å². The van der Waals surface area contributed by atoms with Crippen molar-refractivity contribution in [3.8, 4) is 0 Å². The van der Waals surface area contributed by atoms with Gasteiger partial charge in [-0.25, -0.2) is 4.98 Å². The van der Waals surface area contributed by atoms with E-state index >= 15 is 0 Å². The second-order valence-corrected chi connectivity index (χ2v) is 3.68. The molecule has 1 rings (SSSR count). The summed E-state index contributed by atoms with van der Waals surface area (Å²) in [6.45, 7) is 5.21. The minimum atomic E-state index is 0.523. The maximum atomic E-state index is 10.6. The van der Waals surface area contributed by atoms with Gasteiger partial charge in [-0.2, -0.15) is 0 Å². The highest BCUT2D eigenvalue weighted by Crippen LogP contribution is 1.99. The number of likely N-dealkylation sites (N-methyl/N-ethyl adjacent to an activating group) is 1. The Morgan fingerprint density at radius 3 is 2.93 bits per heavy atom. The molecule has 0 aliphatic rings. The third-order valence-corrected chi connectivity index (χ3v) is 2.43. The van der Waals surface area contributed by atoms with E-state index in [4.69, 9.17) is 0 Å². The van der Waals surface area contributed by atoms with Gasteiger partial charge >= 0.3 is 0 Å². The smallest absolute Gasteiger partial charge is 0.219 e. The molecule has 0 aromatic carbocycles. The number of carbonyl (C=O) groups is 1. The number of hydrogen-bond acceptors (Lipinski definition) is 3. The Hall–Kier alpha value is -1.16. The Morgan fingerprint density at radius 2 is 2.36 bits per heavy atom. The zero-order chi connectivity index (χ0) is 10.6. The molecule has 0 unspecified atom stereocenters. The number of rotatable bonds is 5. The molecule has 0 amide bonds. The lowest BCUT2D eigenvalue weighted by molar-refractivity contribution is 0.275. The van der Waals surface area contributed by atoms with Crippen LogP contribution in [0.2, 0.25) is 0 Å². The first-order valence-corrected chi connectivity index (χ1v) is 4.82. The molecule has 4 heteroatoms. The highest BCUT2D eigenvalue weighted by atomic mass is 16.1. The summed E-state index contributed by atoms with van der Waals surface area (Å²) in [5.41, 5.74) is 0. The van der Waals surface area contributed by atoms with Gasteiger partial charge in [-0.15, -0.1) is 0 Å². The Morgan fingerprint density at radius 1 is 1.64 bits per heavy atom. The minimum Gasteiger partial charge on any atom is -0.304 e. The quantitative estimate of drug-likeness (QED) is 0.652. The van der Waals surface area contributed by atoms with Crippen molar-refractivity contribution < 1.29 is 4.79 Å². The largest absolute Gasteiger partial charge is 0.304 e. The van der Waals surface area contributed by atoms with Gasteiger partial charge in [0.1, 0.15) is 5.82 Å². The lowest BCUT2D eigenvalue weighted by Crippen LogP contribution is -2.29. The molecule has 78 valence electrons. The summed E-state index contributed by atoms with van der Waals surface area (Å²) >= 11 is 0. The lowest BCUT2D eigenvalue weighted by Gasteiger charge is -2.20. The lowest BCUT2D eigenvalue weighted by atomic mass is 10.3. The van der Waals surface area contributed by atoms with Gasteiger partial charge in [0.2, 0.25) is 6.41 Å². The summed E-state index contributed by atoms with van der Waals surface area (Å²) in [5.74, 6) is 0.826. The maximum Gasteiger partial charge on any atom is 0.219 e. The van der Waals surface area contributed by atoms with E-state index in [-0.39, 0.29) is 0 Å². The molecule has 1 aromatic rings. The van der Waals surface area contributed by atoms with E-state index in [9.17, 15) is 4.79 Å². The first-order chi connectivity index (χ1) is 6.65. The summed E-state index contributed by atoms with van der Waals surface area (Å²) in [6.07, 6.45) is 4.93. The predicted octanol–water partition coefficient (Wildman–Crippen LogP) is 0.804. The number of nitrogens with zero attached hydrogens (tertiary/aromatic N) is 3. The fourth-order valence-electron chi connectivity index (χ4n) is 1.17. The zero-order valence-corrected chi connectivity index (χ0v) is 8.97. The van der Waals surface area contributed by atoms with Crippen LogP contribution >= 0.6 is 0 Å². The highest BCUT2D eigenvalue weighted by Gasteiger charge is 2.06. The fourth-order valence-corrected chi connectivity index (χ4v) is 1.17. The number of aromatic nitrogens is 2. The third-order valence-electron chi connectivity index (χ3n) is 2.43. The molecule has 1 heterocycles. The molecule has 0 saturated carbocycles. The van der Waals surface area contributed by atoms with E-state index in [1.807, 2.05) is 0 Å². The Kier molecular flexibility index (Phi) is 3.83. The van der Waals surface area contributed by atoms with Gasteiger partial charge in [0.25, 0.3) is 0 Å². The SMILES string of the molecule is CC(C)N(C)CCc1nccn1C=O. The molecule has 4 nitrogen and oxygen atoms in total. The van der Waals surface area contributed by atoms with Gasteiger partial charge in [0.05, 0.1) is 0 Å². The van der Waals surface area contributed by atoms with Crippen LogP contribution in [0, 0.1) is 0 Å². The summed E-state index contributed by atoms with van der Waals surface area (Å²) < 4.78 is 1.52. The molecule has 0 saturated heterocycles. The molecule has 0 bridgehead atoms. The normalized spacial score (nSPS) is 11.2. The molecular weight excluding hydrogens is 178 g/mol. The first kappa shape index (κ1) is 10.9. The molecule has 1 aromatic heterocycles. The zero-order valence-electron chi connectivity index (χ0n) is 8.97. The molecule has 0 aliphatic carbocycles. The molecule has 14 heavy (non-hydrogen) atoms. The second kappa shape index (κ2) is 4.91. The minimum absolute atomic E-state index is 0.523. The second-order valence-electron chi connectivity index (χ2n) is 3.68. The van der Waals surface area contributed by atoms with Crippen molar-refractivity contribution in [3.05, 3.63) is 18.2 Å². The van der Waals surface area contributed by atoms with Gasteiger partial charge in [-0.05, 0) is 20.9 Å². The topological polar surface area (TPSA) is 38.1 Å². The van der Waals surface area contributed by atoms with E-state index in [0.717, 1.165) is 25.2 Å². The highest BCUT2D eigenvalue weighted by molar-refractivity contribution is 5.52. The third kappa shape index (κ3) is 2.67. The van der Waals surface area contributed by atoms with Crippen molar-refractivity contribution in [2.45, 2.75) is 26.3 Å². The predicted molar refractivity (Wildman–Crippen MR) is 55.8 cm³/mol. The van der Waals surface area contributed by atoms with Crippen molar-refractivity contribution in [1.82, 2.24) is 14.5 Å². The number of carbonyl (C=O) groups excluding carboxylic acids is 1. The number of hydrogen-bond donors (Lipinski definition) is 0. The van der Waals surface area contributed by atoms with Crippen molar-refractivity contribution in [2.24, 2.45) is 0 Å². The van der Waals surface area contributed by atoms with Crippen LogP contribution in [0.5, 0.6) is 0 Å². The van der Waals surface area contributed by atoms with E-state index in [1.165, 1.54) is 4.57 Å². The van der Waals surface area contributed by atoms with Crippen LogP contribution in [0.15, 0.2) is 12.4 Å². The molecule has 0 radical (unpaired) electrons. The van der Waals surface area contributed by atoms with E-state index in [0.29, 0.717) is 6.04 Å². The van der Waals surface area contributed by atoms with Crippen LogP contribution in [0.3, 0.4) is 0 Å². The maximum absolute atomic E-state index is 10.6. The summed E-state index contributed by atoms with van der Waals surface area (Å²) in [6, 6.07) is 0.523. The molecule has 0 atom stereocenters. The Balaban J connectivity index is 2.49. The Bertz CT molecular complexity index is 293. The van der Waals surface area contributed by atoms with Gasteiger partial charge in [0.15, 0.2) is 0 Å². The van der Waals surface area contributed by atoms with Crippen LogP contribution in [0.25, 0.3) is 0 Å². The number of imidazole rings is 1. The molecular formula is C10H17N3O. The Labute approximate surface area is 84.5 Å². The van der Waals surface area contributed by atoms with E-state index in [1.54, 1.807) is 12.4 Å². The van der Waals surface area contributed by atoms with Crippen LogP contribution in [0.4, 0.5) is 0 Å². The average Bonchev–Trinajstić information content (AvgIpc) is 2.60. The van der Waals surface area contributed by atoms with Gasteiger partial charge in [0, 0.05) is 31.4 Å². The van der Waals surface area contributed by atoms with E-state index in [2.05, 4.69) is 30.8 Å². The van der Waals surface area contributed by atoms with Crippen LogP contribution in [-0.4, -0.2) is 40.5 Å². The first-order valence-electron chi connectivity index (χ1n) is 4.82. The summed E-state index contributed by atoms with van der Waals surface area (Å²) in [4.78, 5) is 16.9. The van der Waals surface area contributed by atoms with Crippen molar-refractivity contribution in [2.75, 3.05) is 13.6 Å². The fraction of sp³-hybridized carbons (Fsp3) is 0.600. The standard InChI is InChI=1S/C10H17N3O/c1-9(2)12(3)6-4-10-11-5-7-13(10)8-14/h5,7-9H,4,6H2,1-3H3. The molecule has 0 N–H and O–H groups in total. The van der Waals surface area contributed by atoms with Crippen molar-refractivity contribution in [3.63, 3.8) is 0 Å². The summed E-state index contributed by atoms with van der Waals surface area (Å²) in [5, 5.41) is 0. The summed E-state index contributed by atoms with van der Waals surface area (Å²) in [7, 11) is 2.07. The van der Waals surface area contributed by atoms with Gasteiger partial charge < -0.3 is 4.90 Å².